The van der Waals surface area contributed by atoms with Crippen LogP contribution in [0.15, 0.2) is 64.4 Å². The molecule has 1 aliphatic heterocycles. The largest absolute Gasteiger partial charge is 0.337 e. The van der Waals surface area contributed by atoms with Crippen molar-refractivity contribution in [3.8, 4) is 10.4 Å². The molecule has 5 nitrogen and oxygen atoms in total. The van der Waals surface area contributed by atoms with Crippen LogP contribution in [0.25, 0.3) is 20.7 Å². The zero-order valence-electron chi connectivity index (χ0n) is 18.2. The van der Waals surface area contributed by atoms with Crippen LogP contribution in [-0.4, -0.2) is 32.7 Å². The number of rotatable bonds is 6. The topological polar surface area (TPSA) is 55.2 Å². The van der Waals surface area contributed by atoms with Gasteiger partial charge < -0.3 is 4.90 Å². The quantitative estimate of drug-likeness (QED) is 0.206. The van der Waals surface area contributed by atoms with E-state index in [4.69, 9.17) is 4.98 Å². The van der Waals surface area contributed by atoms with E-state index in [2.05, 4.69) is 18.0 Å². The number of carbonyl (C=O) groups excluding carboxylic acids is 1. The Morgan fingerprint density at radius 3 is 2.88 bits per heavy atom. The maximum atomic E-state index is 13.4. The van der Waals surface area contributed by atoms with Crippen LogP contribution in [0.1, 0.15) is 16.0 Å². The van der Waals surface area contributed by atoms with E-state index >= 15 is 0 Å². The number of thiophene rings is 2. The molecule has 0 unspecified atom stereocenters. The smallest absolute Gasteiger partial charge is 0.263 e. The van der Waals surface area contributed by atoms with Crippen molar-refractivity contribution >= 4 is 50.6 Å². The maximum Gasteiger partial charge on any atom is 0.263 e. The lowest BCUT2D eigenvalue weighted by Gasteiger charge is -2.27. The summed E-state index contributed by atoms with van der Waals surface area (Å²) in [5.74, 6) is 0.327. The molecule has 1 aliphatic rings. The van der Waals surface area contributed by atoms with Gasteiger partial charge in [-0.05, 0) is 41.5 Å². The molecule has 8 heteroatoms. The van der Waals surface area contributed by atoms with Gasteiger partial charge in [0.2, 0.25) is 5.91 Å². The third-order valence-corrected chi connectivity index (χ3v) is 9.07. The molecule has 3 aromatic heterocycles. The first kappa shape index (κ1) is 22.1. The molecule has 1 aromatic carbocycles. The molecule has 0 atom stereocenters. The first-order chi connectivity index (χ1) is 16.1. The van der Waals surface area contributed by atoms with Crippen LogP contribution in [0.3, 0.4) is 0 Å². The lowest BCUT2D eigenvalue weighted by Crippen LogP contribution is -2.36. The number of fused-ring (bicyclic) bond motifs is 2. The Hall–Kier alpha value is -2.68. The zero-order chi connectivity index (χ0) is 22.9. The van der Waals surface area contributed by atoms with Crippen LogP contribution in [0.5, 0.6) is 0 Å². The van der Waals surface area contributed by atoms with E-state index in [-0.39, 0.29) is 17.2 Å². The molecule has 168 valence electrons. The summed E-state index contributed by atoms with van der Waals surface area (Å²) in [5.41, 5.74) is 3.20. The zero-order valence-corrected chi connectivity index (χ0v) is 20.7. The van der Waals surface area contributed by atoms with Gasteiger partial charge in [-0.25, -0.2) is 4.98 Å². The third kappa shape index (κ3) is 4.18. The maximum absolute atomic E-state index is 13.4. The SMILES string of the molecule is C=CCn1c(SCC(=O)N2CCc3sccc3C2)nc2sc(-c3ccccc3)c(C)c2c1=O. The molecule has 33 heavy (non-hydrogen) atoms. The van der Waals surface area contributed by atoms with Gasteiger partial charge in [0.05, 0.1) is 11.1 Å². The van der Waals surface area contributed by atoms with Crippen molar-refractivity contribution in [1.82, 2.24) is 14.5 Å². The third-order valence-electron chi connectivity index (χ3n) is 5.85. The Kier molecular flexibility index (Phi) is 6.23. The summed E-state index contributed by atoms with van der Waals surface area (Å²) in [6.07, 6.45) is 2.61. The Morgan fingerprint density at radius 2 is 2.09 bits per heavy atom. The summed E-state index contributed by atoms with van der Waals surface area (Å²) in [6, 6.07) is 12.2. The minimum atomic E-state index is -0.0772. The van der Waals surface area contributed by atoms with Gasteiger partial charge in [0.1, 0.15) is 4.83 Å². The van der Waals surface area contributed by atoms with Gasteiger partial charge in [-0.2, -0.15) is 0 Å². The number of aromatic nitrogens is 2. The lowest BCUT2D eigenvalue weighted by atomic mass is 10.1. The molecule has 1 amide bonds. The molecule has 0 bridgehead atoms. The number of aryl methyl sites for hydroxylation is 1. The predicted molar refractivity (Wildman–Crippen MR) is 138 cm³/mol. The number of allylic oxidation sites excluding steroid dienone is 1. The standard InChI is InChI=1S/C25H23N3O2S3/c1-3-11-28-24(30)21-16(2)22(17-7-5-4-6-8-17)33-23(21)26-25(28)32-15-20(29)27-12-9-19-18(14-27)10-13-31-19/h3-8,10,13H,1,9,11-12,14-15H2,2H3. The monoisotopic (exact) mass is 493 g/mol. The fraction of sp³-hybridized carbons (Fsp3) is 0.240. The van der Waals surface area contributed by atoms with Crippen LogP contribution in [0.2, 0.25) is 0 Å². The number of carbonyl (C=O) groups is 1. The van der Waals surface area contributed by atoms with Gasteiger partial charge in [0, 0.05) is 29.4 Å². The van der Waals surface area contributed by atoms with E-state index in [0.29, 0.717) is 28.5 Å². The molecule has 0 N–H and O–H groups in total. The minimum absolute atomic E-state index is 0.0729. The number of benzene rings is 1. The molecular formula is C25H23N3O2S3. The van der Waals surface area contributed by atoms with Crippen LogP contribution in [0, 0.1) is 6.92 Å². The molecular weight excluding hydrogens is 470 g/mol. The molecule has 4 heterocycles. The van der Waals surface area contributed by atoms with Gasteiger partial charge in [-0.1, -0.05) is 48.2 Å². The van der Waals surface area contributed by atoms with E-state index in [0.717, 1.165) is 29.0 Å². The van der Waals surface area contributed by atoms with Gasteiger partial charge in [0.25, 0.3) is 5.56 Å². The fourth-order valence-electron chi connectivity index (χ4n) is 4.14. The Morgan fingerprint density at radius 1 is 1.27 bits per heavy atom. The van der Waals surface area contributed by atoms with Gasteiger partial charge >= 0.3 is 0 Å². The van der Waals surface area contributed by atoms with Gasteiger partial charge in [0.15, 0.2) is 5.16 Å². The van der Waals surface area contributed by atoms with Crippen molar-refractivity contribution in [1.29, 1.82) is 0 Å². The average Bonchev–Trinajstić information content (AvgIpc) is 3.44. The van der Waals surface area contributed by atoms with E-state index in [1.807, 2.05) is 42.2 Å². The molecule has 0 radical (unpaired) electrons. The Balaban J connectivity index is 1.45. The average molecular weight is 494 g/mol. The lowest BCUT2D eigenvalue weighted by molar-refractivity contribution is -0.129. The summed E-state index contributed by atoms with van der Waals surface area (Å²) < 4.78 is 1.63. The normalized spacial score (nSPS) is 13.3. The summed E-state index contributed by atoms with van der Waals surface area (Å²) in [7, 11) is 0. The molecule has 0 saturated carbocycles. The second-order valence-electron chi connectivity index (χ2n) is 7.92. The van der Waals surface area contributed by atoms with Crippen molar-refractivity contribution in [2.75, 3.05) is 12.3 Å². The highest BCUT2D eigenvalue weighted by Crippen LogP contribution is 2.36. The second-order valence-corrected chi connectivity index (χ2v) is 10.9. The number of thioether (sulfide) groups is 1. The van der Waals surface area contributed by atoms with E-state index in [9.17, 15) is 9.59 Å². The summed E-state index contributed by atoms with van der Waals surface area (Å²) >= 11 is 4.63. The summed E-state index contributed by atoms with van der Waals surface area (Å²) in [5, 5.41) is 3.31. The van der Waals surface area contributed by atoms with Gasteiger partial charge in [-0.3, -0.25) is 14.2 Å². The molecule has 0 fully saturated rings. The molecule has 0 aliphatic carbocycles. The van der Waals surface area contributed by atoms with Crippen LogP contribution < -0.4 is 5.56 Å². The first-order valence-corrected chi connectivity index (χ1v) is 13.4. The van der Waals surface area contributed by atoms with E-state index in [1.54, 1.807) is 22.0 Å². The van der Waals surface area contributed by atoms with Crippen molar-refractivity contribution in [2.24, 2.45) is 0 Å². The Bertz CT molecular complexity index is 1400. The number of hydrogen-bond donors (Lipinski definition) is 0. The molecule has 5 rings (SSSR count). The van der Waals surface area contributed by atoms with Crippen LogP contribution in [-0.2, 0) is 24.3 Å². The molecule has 4 aromatic rings. The van der Waals surface area contributed by atoms with Crippen LogP contribution in [0.4, 0.5) is 0 Å². The Labute approximate surface area is 204 Å². The highest BCUT2D eigenvalue weighted by molar-refractivity contribution is 7.99. The highest BCUT2D eigenvalue weighted by atomic mass is 32.2. The van der Waals surface area contributed by atoms with E-state index in [1.165, 1.54) is 33.5 Å². The highest BCUT2D eigenvalue weighted by Gasteiger charge is 2.23. The minimum Gasteiger partial charge on any atom is -0.337 e. The van der Waals surface area contributed by atoms with Crippen molar-refractivity contribution < 1.29 is 4.79 Å². The van der Waals surface area contributed by atoms with Crippen LogP contribution >= 0.6 is 34.4 Å². The number of amides is 1. The summed E-state index contributed by atoms with van der Waals surface area (Å²) in [4.78, 5) is 36.3. The van der Waals surface area contributed by atoms with E-state index < -0.39 is 0 Å². The molecule has 0 spiro atoms. The fourth-order valence-corrected chi connectivity index (χ4v) is 7.17. The summed E-state index contributed by atoms with van der Waals surface area (Å²) in [6.45, 7) is 7.55. The predicted octanol–water partition coefficient (Wildman–Crippen LogP) is 5.36. The molecule has 0 saturated heterocycles. The van der Waals surface area contributed by atoms with Crippen molar-refractivity contribution in [3.05, 3.63) is 80.8 Å². The van der Waals surface area contributed by atoms with Crippen molar-refractivity contribution in [2.45, 2.75) is 31.6 Å². The number of hydrogen-bond acceptors (Lipinski definition) is 6. The second kappa shape index (κ2) is 9.29. The van der Waals surface area contributed by atoms with Gasteiger partial charge in [-0.15, -0.1) is 29.3 Å². The van der Waals surface area contributed by atoms with Crippen molar-refractivity contribution in [3.63, 3.8) is 0 Å². The number of nitrogens with zero attached hydrogens (tertiary/aromatic N) is 3. The first-order valence-electron chi connectivity index (χ1n) is 10.7.